The Labute approximate surface area is 170 Å². The first-order chi connectivity index (χ1) is 13.0. The first kappa shape index (κ1) is 18.5. The van der Waals surface area contributed by atoms with Gasteiger partial charge in [-0.25, -0.2) is 4.98 Å². The Balaban J connectivity index is 2.00. The Morgan fingerprint density at radius 2 is 2.30 bits per heavy atom. The van der Waals surface area contributed by atoms with Crippen molar-refractivity contribution in [2.75, 3.05) is 5.75 Å². The number of halogens is 1. The predicted octanol–water partition coefficient (Wildman–Crippen LogP) is 5.15. The third kappa shape index (κ3) is 3.29. The van der Waals surface area contributed by atoms with Gasteiger partial charge >= 0.3 is 0 Å². The molecule has 2 heterocycles. The molecule has 1 aromatic carbocycles. The van der Waals surface area contributed by atoms with Crippen LogP contribution in [0.5, 0.6) is 0 Å². The molecule has 0 spiro atoms. The summed E-state index contributed by atoms with van der Waals surface area (Å²) >= 11 is 9.22. The molecule has 138 valence electrons. The number of benzene rings is 1. The molecule has 1 aliphatic carbocycles. The molecule has 27 heavy (non-hydrogen) atoms. The van der Waals surface area contributed by atoms with E-state index in [1.165, 1.54) is 16.6 Å². The molecule has 0 radical (unpaired) electrons. The van der Waals surface area contributed by atoms with Crippen molar-refractivity contribution in [3.8, 4) is 11.8 Å². The molecule has 0 fully saturated rings. The zero-order valence-corrected chi connectivity index (χ0v) is 17.5. The first-order valence-corrected chi connectivity index (χ1v) is 11.0. The van der Waals surface area contributed by atoms with Crippen molar-refractivity contribution in [3.63, 3.8) is 0 Å². The van der Waals surface area contributed by atoms with Crippen LogP contribution in [-0.4, -0.2) is 15.3 Å². The van der Waals surface area contributed by atoms with Gasteiger partial charge in [-0.3, -0.25) is 9.36 Å². The van der Waals surface area contributed by atoms with Gasteiger partial charge in [-0.2, -0.15) is 5.26 Å². The Kier molecular flexibility index (Phi) is 5.02. The molecule has 0 saturated carbocycles. The molecule has 0 N–H and O–H groups in total. The lowest BCUT2D eigenvalue weighted by atomic mass is 9.89. The van der Waals surface area contributed by atoms with Crippen LogP contribution in [0.15, 0.2) is 28.2 Å². The van der Waals surface area contributed by atoms with Crippen LogP contribution in [0.4, 0.5) is 0 Å². The van der Waals surface area contributed by atoms with Crippen molar-refractivity contribution in [2.45, 2.75) is 38.3 Å². The minimum atomic E-state index is -0.0626. The van der Waals surface area contributed by atoms with E-state index >= 15 is 0 Å². The lowest BCUT2D eigenvalue weighted by molar-refractivity contribution is 0.509. The van der Waals surface area contributed by atoms with Crippen molar-refractivity contribution in [1.82, 2.24) is 9.55 Å². The number of fused-ring (bicyclic) bond motifs is 3. The first-order valence-electron chi connectivity index (χ1n) is 8.83. The normalized spacial score (nSPS) is 16.3. The Morgan fingerprint density at radius 3 is 3.04 bits per heavy atom. The van der Waals surface area contributed by atoms with E-state index in [0.717, 1.165) is 40.6 Å². The van der Waals surface area contributed by atoms with Crippen molar-refractivity contribution in [3.05, 3.63) is 49.6 Å². The van der Waals surface area contributed by atoms with Crippen LogP contribution in [0.1, 0.15) is 29.3 Å². The lowest BCUT2D eigenvalue weighted by Crippen LogP contribution is -2.22. The maximum absolute atomic E-state index is 13.5. The molecule has 7 heteroatoms. The van der Waals surface area contributed by atoms with E-state index in [9.17, 15) is 4.79 Å². The molecule has 0 unspecified atom stereocenters. The van der Waals surface area contributed by atoms with E-state index in [-0.39, 0.29) is 11.3 Å². The molecular weight excluding hydrogens is 398 g/mol. The summed E-state index contributed by atoms with van der Waals surface area (Å²) in [6.45, 7) is 4.18. The van der Waals surface area contributed by atoms with Crippen LogP contribution in [0.25, 0.3) is 15.9 Å². The molecule has 3 aromatic rings. The van der Waals surface area contributed by atoms with Crippen LogP contribution < -0.4 is 5.56 Å². The summed E-state index contributed by atoms with van der Waals surface area (Å²) in [5.74, 6) is 0.871. The van der Waals surface area contributed by atoms with Gasteiger partial charge in [0, 0.05) is 9.90 Å². The standard InChI is InChI=1S/C20H18ClN3OS2/c1-11-3-6-14-16(9-11)27-18-17(14)19(25)24(20(23-18)26-8-7-22)13-5-4-12(2)15(21)10-13/h4-5,10-11H,3,6,8-9H2,1-2H3/t11-/m1/s1. The van der Waals surface area contributed by atoms with Gasteiger partial charge in [-0.1, -0.05) is 36.4 Å². The largest absolute Gasteiger partial charge is 0.268 e. The molecule has 4 rings (SSSR count). The zero-order valence-electron chi connectivity index (χ0n) is 15.1. The second kappa shape index (κ2) is 7.31. The SMILES string of the molecule is Cc1ccc(-n2c(SCC#N)nc3sc4c(c3c2=O)CC[C@@H](C)C4)cc1Cl. The van der Waals surface area contributed by atoms with Gasteiger partial charge in [0.05, 0.1) is 22.9 Å². The highest BCUT2D eigenvalue weighted by molar-refractivity contribution is 7.99. The second-order valence-electron chi connectivity index (χ2n) is 6.95. The maximum Gasteiger partial charge on any atom is 0.267 e. The van der Waals surface area contributed by atoms with Crippen LogP contribution >= 0.6 is 34.7 Å². The van der Waals surface area contributed by atoms with Gasteiger partial charge < -0.3 is 0 Å². The molecule has 0 saturated heterocycles. The number of hydrogen-bond acceptors (Lipinski definition) is 5. The number of nitriles is 1. The number of thioether (sulfide) groups is 1. The van der Waals surface area contributed by atoms with Gasteiger partial charge in [0.2, 0.25) is 0 Å². The van der Waals surface area contributed by atoms with E-state index < -0.39 is 0 Å². The molecular formula is C20H18ClN3OS2. The molecule has 0 bridgehead atoms. The van der Waals surface area contributed by atoms with E-state index in [1.54, 1.807) is 22.0 Å². The van der Waals surface area contributed by atoms with Gasteiger partial charge in [-0.05, 0) is 55.4 Å². The van der Waals surface area contributed by atoms with Crippen LogP contribution in [0, 0.1) is 24.2 Å². The van der Waals surface area contributed by atoms with Gasteiger partial charge in [0.1, 0.15) is 4.83 Å². The number of nitrogens with zero attached hydrogens (tertiary/aromatic N) is 3. The number of hydrogen-bond donors (Lipinski definition) is 0. The summed E-state index contributed by atoms with van der Waals surface area (Å²) in [5, 5.41) is 10.9. The fourth-order valence-corrected chi connectivity index (χ4v) is 5.79. The van der Waals surface area contributed by atoms with Crippen molar-refractivity contribution < 1.29 is 0 Å². The fourth-order valence-electron chi connectivity index (χ4n) is 3.51. The van der Waals surface area contributed by atoms with E-state index in [2.05, 4.69) is 13.0 Å². The summed E-state index contributed by atoms with van der Waals surface area (Å²) in [4.78, 5) is 20.4. The average molecular weight is 416 g/mol. The minimum absolute atomic E-state index is 0.0626. The molecule has 2 aromatic heterocycles. The summed E-state index contributed by atoms with van der Waals surface area (Å²) in [5.41, 5.74) is 2.74. The summed E-state index contributed by atoms with van der Waals surface area (Å²) in [6.07, 6.45) is 3.03. The lowest BCUT2D eigenvalue weighted by Gasteiger charge is -2.18. The quantitative estimate of drug-likeness (QED) is 0.438. The van der Waals surface area contributed by atoms with Crippen LogP contribution in [0.3, 0.4) is 0 Å². The van der Waals surface area contributed by atoms with Crippen molar-refractivity contribution in [1.29, 1.82) is 5.26 Å². The Bertz CT molecular complexity index is 1140. The smallest absolute Gasteiger partial charge is 0.267 e. The molecule has 1 aliphatic rings. The molecule has 0 aliphatic heterocycles. The van der Waals surface area contributed by atoms with E-state index in [1.807, 2.05) is 19.1 Å². The van der Waals surface area contributed by atoms with Crippen LogP contribution in [0.2, 0.25) is 5.02 Å². The number of aryl methyl sites for hydroxylation is 2. The monoisotopic (exact) mass is 415 g/mol. The third-order valence-electron chi connectivity index (χ3n) is 4.98. The summed E-state index contributed by atoms with van der Waals surface area (Å²) < 4.78 is 1.61. The van der Waals surface area contributed by atoms with E-state index in [4.69, 9.17) is 21.8 Å². The molecule has 4 nitrogen and oxygen atoms in total. The average Bonchev–Trinajstić information content (AvgIpc) is 3.00. The summed E-state index contributed by atoms with van der Waals surface area (Å²) in [6, 6.07) is 7.70. The Morgan fingerprint density at radius 1 is 1.48 bits per heavy atom. The zero-order chi connectivity index (χ0) is 19.1. The van der Waals surface area contributed by atoms with E-state index in [0.29, 0.717) is 21.8 Å². The number of aromatic nitrogens is 2. The third-order valence-corrected chi connectivity index (χ3v) is 7.34. The number of rotatable bonds is 3. The highest BCUT2D eigenvalue weighted by Gasteiger charge is 2.25. The summed E-state index contributed by atoms with van der Waals surface area (Å²) in [7, 11) is 0. The van der Waals surface area contributed by atoms with Crippen molar-refractivity contribution in [2.24, 2.45) is 5.92 Å². The van der Waals surface area contributed by atoms with Gasteiger partial charge in [-0.15, -0.1) is 11.3 Å². The van der Waals surface area contributed by atoms with Gasteiger partial charge in [0.25, 0.3) is 5.56 Å². The highest BCUT2D eigenvalue weighted by Crippen LogP contribution is 2.37. The predicted molar refractivity (Wildman–Crippen MR) is 112 cm³/mol. The highest BCUT2D eigenvalue weighted by atomic mass is 35.5. The molecule has 0 amide bonds. The number of thiophene rings is 1. The minimum Gasteiger partial charge on any atom is -0.268 e. The maximum atomic E-state index is 13.5. The Hall–Kier alpha value is -1.81. The van der Waals surface area contributed by atoms with Crippen LogP contribution in [-0.2, 0) is 12.8 Å². The second-order valence-corrected chi connectivity index (χ2v) is 9.38. The van der Waals surface area contributed by atoms with Crippen molar-refractivity contribution >= 4 is 44.9 Å². The molecule has 1 atom stereocenters. The topological polar surface area (TPSA) is 58.7 Å². The fraction of sp³-hybridized carbons (Fsp3) is 0.350. The van der Waals surface area contributed by atoms with Gasteiger partial charge in [0.15, 0.2) is 5.16 Å².